The van der Waals surface area contributed by atoms with Crippen LogP contribution in [0.2, 0.25) is 10.0 Å². The SMILES string of the molecule is COc1ccc(O)c(C(=O)c2cc(C(=O)Nc3cccc(Cl)c3)c(=O)n(-c3cccc(Cl)c3)c2)c1. The number of carbonyl (C=O) groups excluding carboxylic acids is 2. The maximum atomic E-state index is 13.4. The maximum Gasteiger partial charge on any atom is 0.267 e. The second-order valence-electron chi connectivity index (χ2n) is 7.47. The van der Waals surface area contributed by atoms with Crippen molar-refractivity contribution in [3.8, 4) is 17.2 Å². The average molecular weight is 509 g/mol. The van der Waals surface area contributed by atoms with E-state index in [4.69, 9.17) is 27.9 Å². The third-order valence-corrected chi connectivity index (χ3v) is 5.61. The molecule has 0 fully saturated rings. The van der Waals surface area contributed by atoms with Crippen LogP contribution < -0.4 is 15.6 Å². The molecule has 0 aliphatic heterocycles. The van der Waals surface area contributed by atoms with Gasteiger partial charge in [-0.2, -0.15) is 0 Å². The molecule has 9 heteroatoms. The molecule has 0 spiro atoms. The minimum Gasteiger partial charge on any atom is -0.507 e. The summed E-state index contributed by atoms with van der Waals surface area (Å²) in [6.45, 7) is 0. The van der Waals surface area contributed by atoms with Gasteiger partial charge in [-0.15, -0.1) is 0 Å². The first-order valence-corrected chi connectivity index (χ1v) is 11.0. The first-order chi connectivity index (χ1) is 16.8. The third kappa shape index (κ3) is 5.21. The van der Waals surface area contributed by atoms with E-state index in [-0.39, 0.29) is 22.4 Å². The Labute approximate surface area is 210 Å². The number of amides is 1. The number of carbonyl (C=O) groups is 2. The van der Waals surface area contributed by atoms with Crippen molar-refractivity contribution >= 4 is 40.6 Å². The number of aromatic hydroxyl groups is 1. The molecular formula is C26H18Cl2N2O5. The molecule has 4 rings (SSSR count). The van der Waals surface area contributed by atoms with Crippen LogP contribution in [0.1, 0.15) is 26.3 Å². The molecule has 35 heavy (non-hydrogen) atoms. The van der Waals surface area contributed by atoms with Crippen molar-refractivity contribution < 1.29 is 19.4 Å². The molecule has 4 aromatic rings. The van der Waals surface area contributed by atoms with Crippen molar-refractivity contribution in [3.63, 3.8) is 0 Å². The fraction of sp³-hybridized carbons (Fsp3) is 0.0385. The number of ether oxygens (including phenoxy) is 1. The number of phenols is 1. The summed E-state index contributed by atoms with van der Waals surface area (Å²) in [6.07, 6.45) is 1.30. The summed E-state index contributed by atoms with van der Waals surface area (Å²) < 4.78 is 6.31. The van der Waals surface area contributed by atoms with Gasteiger partial charge in [-0.05, 0) is 60.7 Å². The molecule has 176 valence electrons. The van der Waals surface area contributed by atoms with Gasteiger partial charge in [0.1, 0.15) is 17.1 Å². The number of pyridine rings is 1. The van der Waals surface area contributed by atoms with Crippen molar-refractivity contribution in [3.05, 3.63) is 116 Å². The third-order valence-electron chi connectivity index (χ3n) is 5.14. The zero-order chi connectivity index (χ0) is 25.1. The number of aromatic nitrogens is 1. The van der Waals surface area contributed by atoms with Crippen molar-refractivity contribution in [2.24, 2.45) is 0 Å². The summed E-state index contributed by atoms with van der Waals surface area (Å²) in [6, 6.07) is 18.2. The van der Waals surface area contributed by atoms with Crippen LogP contribution in [0.25, 0.3) is 5.69 Å². The van der Waals surface area contributed by atoms with Crippen LogP contribution in [0.5, 0.6) is 11.5 Å². The minimum atomic E-state index is -0.738. The first-order valence-electron chi connectivity index (χ1n) is 10.3. The summed E-state index contributed by atoms with van der Waals surface area (Å²) in [5, 5.41) is 13.7. The number of anilines is 1. The molecule has 1 amide bonds. The number of halogens is 2. The zero-order valence-corrected chi connectivity index (χ0v) is 19.8. The number of nitrogens with zero attached hydrogens (tertiary/aromatic N) is 1. The average Bonchev–Trinajstić information content (AvgIpc) is 2.84. The summed E-state index contributed by atoms with van der Waals surface area (Å²) in [7, 11) is 1.43. The van der Waals surface area contributed by atoms with E-state index in [1.54, 1.807) is 36.4 Å². The van der Waals surface area contributed by atoms with Gasteiger partial charge in [0.15, 0.2) is 5.78 Å². The highest BCUT2D eigenvalue weighted by atomic mass is 35.5. The van der Waals surface area contributed by atoms with Gasteiger partial charge in [0.05, 0.1) is 18.4 Å². The fourth-order valence-corrected chi connectivity index (χ4v) is 3.81. The van der Waals surface area contributed by atoms with Gasteiger partial charge in [-0.25, -0.2) is 0 Å². The van der Waals surface area contributed by atoms with E-state index in [0.717, 1.165) is 4.57 Å². The summed E-state index contributed by atoms with van der Waals surface area (Å²) in [5.74, 6) is -1.28. The maximum absolute atomic E-state index is 13.4. The van der Waals surface area contributed by atoms with E-state index in [0.29, 0.717) is 27.2 Å². The molecule has 0 bridgehead atoms. The minimum absolute atomic E-state index is 0.00984. The largest absolute Gasteiger partial charge is 0.507 e. The highest BCUT2D eigenvalue weighted by molar-refractivity contribution is 6.31. The summed E-state index contributed by atoms with van der Waals surface area (Å²) in [4.78, 5) is 39.8. The topological polar surface area (TPSA) is 97.6 Å². The highest BCUT2D eigenvalue weighted by Crippen LogP contribution is 2.26. The lowest BCUT2D eigenvalue weighted by Gasteiger charge is -2.13. The second kappa shape index (κ2) is 10.0. The molecule has 0 aliphatic rings. The van der Waals surface area contributed by atoms with Crippen LogP contribution >= 0.6 is 23.2 Å². The van der Waals surface area contributed by atoms with Crippen molar-refractivity contribution in [1.82, 2.24) is 4.57 Å². The van der Waals surface area contributed by atoms with E-state index >= 15 is 0 Å². The first kappa shape index (κ1) is 24.1. The van der Waals surface area contributed by atoms with E-state index in [1.165, 1.54) is 49.7 Å². The Kier molecular flexibility index (Phi) is 6.91. The predicted molar refractivity (Wildman–Crippen MR) is 135 cm³/mol. The Hall–Kier alpha value is -4.07. The van der Waals surface area contributed by atoms with Gasteiger partial charge in [0, 0.05) is 27.5 Å². The molecule has 0 atom stereocenters. The lowest BCUT2D eigenvalue weighted by molar-refractivity contribution is 0.102. The van der Waals surface area contributed by atoms with Crippen LogP contribution in [0, 0.1) is 0 Å². The van der Waals surface area contributed by atoms with E-state index in [2.05, 4.69) is 5.32 Å². The van der Waals surface area contributed by atoms with Gasteiger partial charge < -0.3 is 15.2 Å². The van der Waals surface area contributed by atoms with Gasteiger partial charge in [-0.3, -0.25) is 19.0 Å². The Bertz CT molecular complexity index is 1510. The molecule has 0 aliphatic carbocycles. The molecular weight excluding hydrogens is 491 g/mol. The molecule has 2 N–H and O–H groups in total. The van der Waals surface area contributed by atoms with Gasteiger partial charge in [0.25, 0.3) is 11.5 Å². The lowest BCUT2D eigenvalue weighted by atomic mass is 10.0. The van der Waals surface area contributed by atoms with Gasteiger partial charge in [-0.1, -0.05) is 35.3 Å². The van der Waals surface area contributed by atoms with Crippen LogP contribution in [0.3, 0.4) is 0 Å². The Balaban J connectivity index is 1.87. The van der Waals surface area contributed by atoms with Gasteiger partial charge in [0.2, 0.25) is 0 Å². The molecule has 0 radical (unpaired) electrons. The number of nitrogens with one attached hydrogen (secondary N) is 1. The molecule has 0 saturated heterocycles. The predicted octanol–water partition coefficient (Wildman–Crippen LogP) is 5.34. The molecule has 1 heterocycles. The standard InChI is InChI=1S/C26H18Cl2N2O5/c1-35-20-8-9-23(31)21(13-20)24(32)15-10-22(25(33)29-18-6-2-4-16(27)11-18)26(34)30(14-15)19-7-3-5-17(28)12-19/h2-14,31H,1H3,(H,29,33). The monoisotopic (exact) mass is 508 g/mol. The number of phenolic OH excluding ortho intramolecular Hbond substituents is 1. The van der Waals surface area contributed by atoms with E-state index in [1.807, 2.05) is 0 Å². The zero-order valence-electron chi connectivity index (χ0n) is 18.3. The van der Waals surface area contributed by atoms with Crippen molar-refractivity contribution in [1.29, 1.82) is 0 Å². The second-order valence-corrected chi connectivity index (χ2v) is 8.35. The number of ketones is 1. The highest BCUT2D eigenvalue weighted by Gasteiger charge is 2.22. The smallest absolute Gasteiger partial charge is 0.267 e. The number of rotatable bonds is 6. The van der Waals surface area contributed by atoms with E-state index < -0.39 is 17.2 Å². The molecule has 0 saturated carbocycles. The lowest BCUT2D eigenvalue weighted by Crippen LogP contribution is -2.29. The number of hydrogen-bond donors (Lipinski definition) is 2. The van der Waals surface area contributed by atoms with Crippen LogP contribution in [-0.4, -0.2) is 28.5 Å². The normalized spacial score (nSPS) is 10.6. The quantitative estimate of drug-likeness (QED) is 0.342. The number of benzene rings is 3. The van der Waals surface area contributed by atoms with Crippen molar-refractivity contribution in [2.75, 3.05) is 12.4 Å². The van der Waals surface area contributed by atoms with Crippen LogP contribution in [-0.2, 0) is 0 Å². The molecule has 1 aromatic heterocycles. The van der Waals surface area contributed by atoms with E-state index in [9.17, 15) is 19.5 Å². The summed E-state index contributed by atoms with van der Waals surface area (Å²) >= 11 is 12.1. The Morgan fingerprint density at radius 2 is 1.63 bits per heavy atom. The fourth-order valence-electron chi connectivity index (χ4n) is 3.43. The van der Waals surface area contributed by atoms with Gasteiger partial charge >= 0.3 is 0 Å². The summed E-state index contributed by atoms with van der Waals surface area (Å²) in [5.41, 5.74) is -0.301. The Morgan fingerprint density at radius 3 is 2.31 bits per heavy atom. The number of hydrogen-bond acceptors (Lipinski definition) is 5. The molecule has 0 unspecified atom stereocenters. The molecule has 7 nitrogen and oxygen atoms in total. The van der Waals surface area contributed by atoms with Crippen LogP contribution in [0.4, 0.5) is 5.69 Å². The van der Waals surface area contributed by atoms with Crippen molar-refractivity contribution in [2.45, 2.75) is 0 Å². The Morgan fingerprint density at radius 1 is 0.914 bits per heavy atom. The molecule has 3 aromatic carbocycles. The van der Waals surface area contributed by atoms with Crippen LogP contribution in [0.15, 0.2) is 83.8 Å². The number of methoxy groups -OCH3 is 1.